The lowest BCUT2D eigenvalue weighted by molar-refractivity contribution is -0.644. The zero-order valence-corrected chi connectivity index (χ0v) is 32.7. The maximum absolute atomic E-state index is 13.0. The number of aryl methyl sites for hydroxylation is 1. The van der Waals surface area contributed by atoms with Crippen LogP contribution in [0.3, 0.4) is 0 Å². The highest BCUT2D eigenvalue weighted by molar-refractivity contribution is 8.00. The molecule has 4 heterocycles. The molecule has 296 valence electrons. The number of para-hydroxylation sites is 3. The van der Waals surface area contributed by atoms with Crippen molar-refractivity contribution in [3.05, 3.63) is 72.2 Å². The number of ether oxygens (including phenoxy) is 5. The Balaban J connectivity index is 0.742. The number of ketones is 1. The van der Waals surface area contributed by atoms with Gasteiger partial charge in [0.05, 0.1) is 57.3 Å². The first kappa shape index (κ1) is 40.6. The van der Waals surface area contributed by atoms with Crippen molar-refractivity contribution in [1.82, 2.24) is 10.6 Å². The molecule has 6 rings (SSSR count). The lowest BCUT2D eigenvalue weighted by Crippen LogP contribution is -2.37. The Morgan fingerprint density at radius 3 is 2.44 bits per heavy atom. The molecule has 0 saturated carbocycles. The number of nitrogens with one attached hydrogen (secondary N) is 2. The molecule has 0 radical (unpaired) electrons. The summed E-state index contributed by atoms with van der Waals surface area (Å²) in [7, 11) is 2.02. The molecule has 2 saturated heterocycles. The minimum Gasteiger partial charge on any atom is -0.439 e. The Kier molecular flexibility index (Phi) is 15.8. The van der Waals surface area contributed by atoms with Gasteiger partial charge in [0.15, 0.2) is 11.9 Å². The number of hydrogen-bond acceptors (Lipinski definition) is 10. The van der Waals surface area contributed by atoms with Gasteiger partial charge in [0.1, 0.15) is 19.4 Å². The summed E-state index contributed by atoms with van der Waals surface area (Å²) in [5, 5.41) is 7.68. The van der Waals surface area contributed by atoms with Gasteiger partial charge in [0.25, 0.3) is 0 Å². The molecule has 0 bridgehead atoms. The average Bonchev–Trinajstić information content (AvgIpc) is 3.86. The fourth-order valence-corrected chi connectivity index (χ4v) is 8.91. The molecule has 3 aromatic rings. The molecule has 13 heteroatoms. The number of nitrogens with zero attached hydrogens (tertiary/aromatic N) is 2. The van der Waals surface area contributed by atoms with Gasteiger partial charge < -0.3 is 34.3 Å². The van der Waals surface area contributed by atoms with Crippen molar-refractivity contribution in [2.45, 2.75) is 56.2 Å². The normalized spacial score (nSPS) is 19.4. The third-order valence-electron chi connectivity index (χ3n) is 10.1. The van der Waals surface area contributed by atoms with Crippen LogP contribution in [0.5, 0.6) is 5.75 Å². The molecule has 3 aliphatic rings. The number of Topliss-reactive ketones (excluding diaryl/α,β-unsaturated/α-hetero) is 1. The van der Waals surface area contributed by atoms with E-state index in [1.807, 2.05) is 78.4 Å². The van der Waals surface area contributed by atoms with Crippen LogP contribution in [0.15, 0.2) is 66.7 Å². The van der Waals surface area contributed by atoms with Crippen LogP contribution < -0.4 is 24.8 Å². The molecule has 55 heavy (non-hydrogen) atoms. The van der Waals surface area contributed by atoms with Crippen molar-refractivity contribution in [3.8, 4) is 5.75 Å². The van der Waals surface area contributed by atoms with Crippen LogP contribution in [0, 0.1) is 5.92 Å². The number of unbranched alkanes of at least 4 members (excludes halogenated alkanes) is 1. The Morgan fingerprint density at radius 2 is 1.62 bits per heavy atom. The van der Waals surface area contributed by atoms with E-state index in [-0.39, 0.29) is 18.4 Å². The predicted octanol–water partition coefficient (Wildman–Crippen LogP) is 4.57. The number of hydrogen-bond donors (Lipinski definition) is 2. The van der Waals surface area contributed by atoms with E-state index in [1.54, 1.807) is 0 Å². The summed E-state index contributed by atoms with van der Waals surface area (Å²) in [6.07, 6.45) is 9.61. The van der Waals surface area contributed by atoms with Crippen molar-refractivity contribution >= 4 is 52.0 Å². The highest BCUT2D eigenvalue weighted by Gasteiger charge is 2.42. The van der Waals surface area contributed by atoms with Crippen LogP contribution >= 0.6 is 11.8 Å². The standard InChI is InChI=1S/C42H54N4O8S/c1-45-18-16-31(34-11-3-4-12-35(34)45)28-41-46(36-13-5-6-14-37(36)54-41)29-40(49)43-17-20-51-22-24-53-26-25-52-23-21-50-19-8-10-33(47)9-2-7-15-38-42-32(30-55-38)27-39(48)44-42/h3-6,11-14,16,18,28,32,38,42H,2,7-10,15,17,19-27,29-30H2,1H3,(H-,43,44,48,49)/p+1. The third-order valence-corrected chi connectivity index (χ3v) is 11.7. The zero-order chi connectivity index (χ0) is 38.2. The summed E-state index contributed by atoms with van der Waals surface area (Å²) in [5.41, 5.74) is 2.96. The summed E-state index contributed by atoms with van der Waals surface area (Å²) in [4.78, 5) is 38.7. The minimum atomic E-state index is -0.133. The maximum atomic E-state index is 13.0. The number of thioether (sulfide) groups is 1. The number of amides is 2. The second-order valence-corrected chi connectivity index (χ2v) is 15.4. The Labute approximate surface area is 328 Å². The lowest BCUT2D eigenvalue weighted by atomic mass is 9.97. The molecular weight excluding hydrogens is 721 g/mol. The summed E-state index contributed by atoms with van der Waals surface area (Å²) < 4.78 is 30.7. The van der Waals surface area contributed by atoms with Gasteiger partial charge in [-0.05, 0) is 54.7 Å². The lowest BCUT2D eigenvalue weighted by Gasteiger charge is -2.18. The molecule has 3 unspecified atom stereocenters. The van der Waals surface area contributed by atoms with E-state index in [2.05, 4.69) is 27.3 Å². The van der Waals surface area contributed by atoms with E-state index in [4.69, 9.17) is 23.7 Å². The number of benzene rings is 2. The highest BCUT2D eigenvalue weighted by atomic mass is 32.2. The second-order valence-electron chi connectivity index (χ2n) is 14.2. The van der Waals surface area contributed by atoms with Crippen molar-refractivity contribution < 1.29 is 42.6 Å². The fraction of sp³-hybridized carbons (Fsp3) is 0.524. The number of pyridine rings is 1. The monoisotopic (exact) mass is 775 g/mol. The molecule has 2 aromatic carbocycles. The molecule has 2 N–H and O–H groups in total. The topological polar surface area (TPSA) is 129 Å². The van der Waals surface area contributed by atoms with Crippen molar-refractivity contribution in [2.24, 2.45) is 13.0 Å². The average molecular weight is 776 g/mol. The number of carbonyl (C=O) groups is 3. The van der Waals surface area contributed by atoms with Gasteiger partial charge >= 0.3 is 0 Å². The first-order chi connectivity index (χ1) is 27.0. The van der Waals surface area contributed by atoms with Crippen molar-refractivity contribution in [1.29, 1.82) is 0 Å². The van der Waals surface area contributed by atoms with Gasteiger partial charge in [-0.25, -0.2) is 4.57 Å². The van der Waals surface area contributed by atoms with Gasteiger partial charge in [-0.1, -0.05) is 30.7 Å². The minimum absolute atomic E-state index is 0.112. The molecule has 2 fully saturated rings. The SMILES string of the molecule is C[n+]1ccc(C=C2Oc3ccccc3N2CC(=O)NCCOCCOCCOCCOCCCC(=O)CCCCC2SCC3CC(=O)NC32)c2ccccc21. The van der Waals surface area contributed by atoms with E-state index in [0.29, 0.717) is 113 Å². The molecule has 0 spiro atoms. The number of carbonyl (C=O) groups excluding carboxylic acids is 3. The highest BCUT2D eigenvalue weighted by Crippen LogP contribution is 2.40. The largest absolute Gasteiger partial charge is 0.439 e. The second kappa shape index (κ2) is 21.3. The van der Waals surface area contributed by atoms with Crippen LogP contribution in [0.25, 0.3) is 17.0 Å². The Hall–Kier alpha value is -4.01. The molecular formula is C42H55N4O8S+. The van der Waals surface area contributed by atoms with Crippen molar-refractivity contribution in [2.75, 3.05) is 76.6 Å². The van der Waals surface area contributed by atoms with E-state index >= 15 is 0 Å². The summed E-state index contributed by atoms with van der Waals surface area (Å²) in [6.45, 7) is 4.15. The molecule has 1 aromatic heterocycles. The van der Waals surface area contributed by atoms with Crippen LogP contribution in [0.2, 0.25) is 0 Å². The fourth-order valence-electron chi connectivity index (χ4n) is 7.26. The van der Waals surface area contributed by atoms with Gasteiger partial charge in [-0.15, -0.1) is 0 Å². The van der Waals surface area contributed by atoms with Crippen LogP contribution in [0.1, 0.15) is 50.5 Å². The molecule has 12 nitrogen and oxygen atoms in total. The van der Waals surface area contributed by atoms with E-state index in [1.165, 1.54) is 0 Å². The molecule has 3 aliphatic heterocycles. The first-order valence-corrected chi connectivity index (χ1v) is 20.6. The van der Waals surface area contributed by atoms with Gasteiger partial charge in [0.2, 0.25) is 23.2 Å². The number of fused-ring (bicyclic) bond motifs is 3. The number of anilines is 1. The zero-order valence-electron chi connectivity index (χ0n) is 31.9. The quantitative estimate of drug-likeness (QED) is 0.0987. The summed E-state index contributed by atoms with van der Waals surface area (Å²) >= 11 is 1.98. The van der Waals surface area contributed by atoms with Crippen LogP contribution in [-0.2, 0) is 40.4 Å². The smallest absolute Gasteiger partial charge is 0.240 e. The van der Waals surface area contributed by atoms with E-state index < -0.39 is 0 Å². The number of rotatable bonds is 24. The van der Waals surface area contributed by atoms with E-state index in [9.17, 15) is 14.4 Å². The van der Waals surface area contributed by atoms with Gasteiger partial charge in [0, 0.05) is 61.9 Å². The van der Waals surface area contributed by atoms with Crippen LogP contribution in [-0.4, -0.2) is 101 Å². The first-order valence-electron chi connectivity index (χ1n) is 19.6. The Bertz CT molecular complexity index is 1770. The third kappa shape index (κ3) is 12.0. The predicted molar refractivity (Wildman–Crippen MR) is 213 cm³/mol. The molecule has 0 aliphatic carbocycles. The van der Waals surface area contributed by atoms with Gasteiger partial charge in [-0.3, -0.25) is 19.3 Å². The molecule has 2 amide bonds. The van der Waals surface area contributed by atoms with Gasteiger partial charge in [-0.2, -0.15) is 11.8 Å². The Morgan fingerprint density at radius 1 is 0.909 bits per heavy atom. The van der Waals surface area contributed by atoms with Crippen molar-refractivity contribution in [3.63, 3.8) is 0 Å². The van der Waals surface area contributed by atoms with E-state index in [0.717, 1.165) is 53.6 Å². The summed E-state index contributed by atoms with van der Waals surface area (Å²) in [6, 6.07) is 18.3. The summed E-state index contributed by atoms with van der Waals surface area (Å²) in [5.74, 6) is 3.25. The number of aromatic nitrogens is 1. The maximum Gasteiger partial charge on any atom is 0.240 e. The molecule has 3 atom stereocenters. The van der Waals surface area contributed by atoms with Crippen LogP contribution in [0.4, 0.5) is 5.69 Å².